The van der Waals surface area contributed by atoms with Gasteiger partial charge in [-0.15, -0.1) is 0 Å². The number of methoxy groups -OCH3 is 1. The molecule has 0 aromatic heterocycles. The van der Waals surface area contributed by atoms with Crippen LogP contribution < -0.4 is 0 Å². The summed E-state index contributed by atoms with van der Waals surface area (Å²) in [5.41, 5.74) is 0.823. The molecule has 0 N–H and O–H groups in total. The van der Waals surface area contributed by atoms with Crippen LogP contribution in [0.5, 0.6) is 0 Å². The van der Waals surface area contributed by atoms with Gasteiger partial charge in [0, 0.05) is 5.56 Å². The van der Waals surface area contributed by atoms with E-state index in [4.69, 9.17) is 17.0 Å². The number of rotatable bonds is 2. The first-order valence-corrected chi connectivity index (χ1v) is 4.57. The van der Waals surface area contributed by atoms with Crippen LogP contribution in [0.3, 0.4) is 0 Å². The van der Waals surface area contributed by atoms with Crippen molar-refractivity contribution >= 4 is 17.3 Å². The second-order valence-electron chi connectivity index (χ2n) is 2.98. The summed E-state index contributed by atoms with van der Waals surface area (Å²) in [4.78, 5) is 0. The Hall–Kier alpha value is -1.10. The van der Waals surface area contributed by atoms with Crippen molar-refractivity contribution < 1.29 is 17.9 Å². The molecular formula is C10H9F3OS. The largest absolute Gasteiger partial charge is 0.486 e. The summed E-state index contributed by atoms with van der Waals surface area (Å²) in [6, 6.07) is 5.84. The van der Waals surface area contributed by atoms with E-state index in [2.05, 4.69) is 0 Å². The minimum absolute atomic E-state index is 0.213. The third-order valence-corrected chi connectivity index (χ3v) is 2.18. The van der Waals surface area contributed by atoms with Crippen LogP contribution in [-0.4, -0.2) is 18.3 Å². The molecule has 0 bridgehead atoms. The summed E-state index contributed by atoms with van der Waals surface area (Å²) in [6.07, 6.45) is -5.10. The van der Waals surface area contributed by atoms with Crippen molar-refractivity contribution in [2.75, 3.05) is 7.11 Å². The molecule has 15 heavy (non-hydrogen) atoms. The first-order valence-electron chi connectivity index (χ1n) is 4.16. The van der Waals surface area contributed by atoms with Crippen LogP contribution in [0, 0.1) is 0 Å². The molecule has 1 rings (SSSR count). The lowest BCUT2D eigenvalue weighted by atomic mass is 10.1. The van der Waals surface area contributed by atoms with E-state index in [0.29, 0.717) is 5.56 Å². The molecule has 0 atom stereocenters. The lowest BCUT2D eigenvalue weighted by Gasteiger charge is -2.07. The Labute approximate surface area is 90.9 Å². The topological polar surface area (TPSA) is 9.23 Å². The van der Waals surface area contributed by atoms with E-state index in [-0.39, 0.29) is 10.6 Å². The van der Waals surface area contributed by atoms with Crippen molar-refractivity contribution in [1.29, 1.82) is 0 Å². The SMILES string of the molecule is COC(=S)c1ccc(CC(F)(F)F)cc1. The van der Waals surface area contributed by atoms with Crippen molar-refractivity contribution in [3.05, 3.63) is 35.4 Å². The Kier molecular flexibility index (Phi) is 3.68. The molecule has 82 valence electrons. The van der Waals surface area contributed by atoms with E-state index in [9.17, 15) is 13.2 Å². The molecule has 0 amide bonds. The van der Waals surface area contributed by atoms with Crippen LogP contribution in [0.1, 0.15) is 11.1 Å². The molecule has 0 saturated heterocycles. The van der Waals surface area contributed by atoms with Gasteiger partial charge in [0.25, 0.3) is 0 Å². The third kappa shape index (κ3) is 3.87. The van der Waals surface area contributed by atoms with Gasteiger partial charge < -0.3 is 4.74 Å². The minimum Gasteiger partial charge on any atom is -0.486 e. The van der Waals surface area contributed by atoms with Crippen LogP contribution in [0.15, 0.2) is 24.3 Å². The quantitative estimate of drug-likeness (QED) is 0.727. The Morgan fingerprint density at radius 3 is 2.20 bits per heavy atom. The molecule has 0 saturated carbocycles. The molecule has 0 fully saturated rings. The normalized spacial score (nSPS) is 11.2. The summed E-state index contributed by atoms with van der Waals surface area (Å²) >= 11 is 4.83. The minimum atomic E-state index is -4.18. The number of ether oxygens (including phenoxy) is 1. The number of benzene rings is 1. The molecule has 1 nitrogen and oxygen atoms in total. The zero-order chi connectivity index (χ0) is 11.5. The van der Waals surface area contributed by atoms with E-state index in [1.807, 2.05) is 0 Å². The smallest absolute Gasteiger partial charge is 0.393 e. The molecule has 0 spiro atoms. The van der Waals surface area contributed by atoms with Gasteiger partial charge in [-0.25, -0.2) is 0 Å². The van der Waals surface area contributed by atoms with Gasteiger partial charge in [0.15, 0.2) is 5.05 Å². The van der Waals surface area contributed by atoms with Gasteiger partial charge in [-0.2, -0.15) is 13.2 Å². The molecule has 0 aliphatic carbocycles. The van der Waals surface area contributed by atoms with Gasteiger partial charge in [0.2, 0.25) is 0 Å². The fraction of sp³-hybridized carbons (Fsp3) is 0.300. The lowest BCUT2D eigenvalue weighted by molar-refractivity contribution is -0.127. The lowest BCUT2D eigenvalue weighted by Crippen LogP contribution is -2.11. The average Bonchev–Trinajstić information content (AvgIpc) is 2.15. The highest BCUT2D eigenvalue weighted by atomic mass is 32.1. The Bertz CT molecular complexity index is 343. The van der Waals surface area contributed by atoms with Crippen LogP contribution in [-0.2, 0) is 11.2 Å². The molecule has 5 heteroatoms. The van der Waals surface area contributed by atoms with E-state index in [1.54, 1.807) is 0 Å². The summed E-state index contributed by atoms with van der Waals surface area (Å²) in [7, 11) is 1.42. The second kappa shape index (κ2) is 4.61. The third-order valence-electron chi connectivity index (χ3n) is 1.78. The fourth-order valence-electron chi connectivity index (χ4n) is 1.11. The van der Waals surface area contributed by atoms with Crippen molar-refractivity contribution in [2.45, 2.75) is 12.6 Å². The molecule has 1 aromatic carbocycles. The highest BCUT2D eigenvalue weighted by molar-refractivity contribution is 7.80. The van der Waals surface area contributed by atoms with Gasteiger partial charge >= 0.3 is 6.18 Å². The average molecular weight is 234 g/mol. The maximum absolute atomic E-state index is 12.0. The van der Waals surface area contributed by atoms with E-state index in [0.717, 1.165) is 0 Å². The maximum Gasteiger partial charge on any atom is 0.393 e. The second-order valence-corrected chi connectivity index (χ2v) is 3.35. The highest BCUT2D eigenvalue weighted by Gasteiger charge is 2.27. The summed E-state index contributed by atoms with van der Waals surface area (Å²) in [5.74, 6) is 0. The van der Waals surface area contributed by atoms with Gasteiger partial charge in [0.1, 0.15) is 0 Å². The highest BCUT2D eigenvalue weighted by Crippen LogP contribution is 2.21. The number of hydrogen-bond acceptors (Lipinski definition) is 2. The summed E-state index contributed by atoms with van der Waals surface area (Å²) < 4.78 is 40.8. The number of hydrogen-bond donors (Lipinski definition) is 0. The number of alkyl halides is 3. The van der Waals surface area contributed by atoms with Gasteiger partial charge in [-0.05, 0) is 17.8 Å². The van der Waals surface area contributed by atoms with Crippen molar-refractivity contribution in [3.63, 3.8) is 0 Å². The van der Waals surface area contributed by atoms with E-state index >= 15 is 0 Å². The Morgan fingerprint density at radius 1 is 1.27 bits per heavy atom. The molecule has 1 aromatic rings. The maximum atomic E-state index is 12.0. The van der Waals surface area contributed by atoms with Gasteiger partial charge in [-0.3, -0.25) is 0 Å². The van der Waals surface area contributed by atoms with Crippen LogP contribution >= 0.6 is 12.2 Å². The monoisotopic (exact) mass is 234 g/mol. The van der Waals surface area contributed by atoms with Crippen molar-refractivity contribution in [1.82, 2.24) is 0 Å². The van der Waals surface area contributed by atoms with E-state index in [1.165, 1.54) is 31.4 Å². The predicted molar refractivity (Wildman–Crippen MR) is 54.9 cm³/mol. The van der Waals surface area contributed by atoms with Gasteiger partial charge in [0.05, 0.1) is 13.5 Å². The first-order chi connectivity index (χ1) is 6.92. The molecule has 0 unspecified atom stereocenters. The molecule has 0 radical (unpaired) electrons. The van der Waals surface area contributed by atoms with Crippen LogP contribution in [0.2, 0.25) is 0 Å². The van der Waals surface area contributed by atoms with Crippen LogP contribution in [0.25, 0.3) is 0 Å². The zero-order valence-electron chi connectivity index (χ0n) is 7.97. The van der Waals surface area contributed by atoms with Crippen molar-refractivity contribution in [2.24, 2.45) is 0 Å². The predicted octanol–water partition coefficient (Wildman–Crippen LogP) is 3.11. The molecular weight excluding hydrogens is 225 g/mol. The Morgan fingerprint density at radius 2 is 1.80 bits per heavy atom. The van der Waals surface area contributed by atoms with Crippen molar-refractivity contribution in [3.8, 4) is 0 Å². The molecule has 0 aliphatic heterocycles. The summed E-state index contributed by atoms with van der Waals surface area (Å²) in [6.45, 7) is 0. The molecule has 0 aliphatic rings. The van der Waals surface area contributed by atoms with Crippen LogP contribution in [0.4, 0.5) is 13.2 Å². The number of thiocarbonyl (C=S) groups is 1. The number of halogens is 3. The standard InChI is InChI=1S/C10H9F3OS/c1-14-9(15)8-4-2-7(3-5-8)6-10(11,12)13/h2-5H,6H2,1H3. The fourth-order valence-corrected chi connectivity index (χ4v) is 1.24. The summed E-state index contributed by atoms with van der Waals surface area (Å²) in [5, 5.41) is 0.272. The molecule has 0 heterocycles. The first kappa shape index (κ1) is 12.0. The Balaban J connectivity index is 2.77. The van der Waals surface area contributed by atoms with E-state index < -0.39 is 12.6 Å². The zero-order valence-corrected chi connectivity index (χ0v) is 8.78. The van der Waals surface area contributed by atoms with Gasteiger partial charge in [-0.1, -0.05) is 24.3 Å².